The summed E-state index contributed by atoms with van der Waals surface area (Å²) in [5, 5.41) is 2.93. The summed E-state index contributed by atoms with van der Waals surface area (Å²) in [5.41, 5.74) is 3.00. The molecule has 154 valence electrons. The molecular formula is C23H24N4O3. The molecule has 7 heteroatoms. The minimum absolute atomic E-state index is 0.0000981. The first-order valence-corrected chi connectivity index (χ1v) is 9.96. The zero-order valence-electron chi connectivity index (χ0n) is 17.1. The van der Waals surface area contributed by atoms with Gasteiger partial charge in [0.1, 0.15) is 5.76 Å². The molecule has 1 N–H and O–H groups in total. The second-order valence-corrected chi connectivity index (χ2v) is 7.32. The van der Waals surface area contributed by atoms with Gasteiger partial charge in [0.2, 0.25) is 5.89 Å². The molecule has 0 spiro atoms. The first kappa shape index (κ1) is 19.7. The largest absolute Gasteiger partial charge is 0.441 e. The van der Waals surface area contributed by atoms with Crippen LogP contribution in [0.3, 0.4) is 0 Å². The van der Waals surface area contributed by atoms with Gasteiger partial charge in [-0.05, 0) is 44.2 Å². The van der Waals surface area contributed by atoms with Crippen LogP contribution in [0, 0.1) is 13.8 Å². The fraction of sp³-hybridized carbons (Fsp3) is 0.261. The maximum Gasteiger partial charge on any atom is 0.321 e. The number of oxazole rings is 1. The van der Waals surface area contributed by atoms with Gasteiger partial charge in [-0.15, -0.1) is 0 Å². The van der Waals surface area contributed by atoms with E-state index in [-0.39, 0.29) is 11.9 Å². The zero-order chi connectivity index (χ0) is 21.1. The molecule has 2 aromatic carbocycles. The molecule has 7 nitrogen and oxygen atoms in total. The van der Waals surface area contributed by atoms with Gasteiger partial charge in [-0.1, -0.05) is 24.3 Å². The Balaban J connectivity index is 1.36. The number of hydrogen-bond donors (Lipinski definition) is 1. The predicted octanol–water partition coefficient (Wildman–Crippen LogP) is 3.95. The number of anilines is 1. The third-order valence-corrected chi connectivity index (χ3v) is 5.26. The molecule has 1 fully saturated rings. The Morgan fingerprint density at radius 3 is 2.30 bits per heavy atom. The van der Waals surface area contributed by atoms with E-state index in [1.165, 1.54) is 0 Å². The lowest BCUT2D eigenvalue weighted by molar-refractivity contribution is 0.0671. The van der Waals surface area contributed by atoms with E-state index in [9.17, 15) is 9.59 Å². The van der Waals surface area contributed by atoms with Gasteiger partial charge in [-0.25, -0.2) is 9.78 Å². The van der Waals surface area contributed by atoms with Crippen molar-refractivity contribution in [2.45, 2.75) is 13.8 Å². The Bertz CT molecular complexity index is 1030. The second-order valence-electron chi connectivity index (χ2n) is 7.32. The van der Waals surface area contributed by atoms with Crippen molar-refractivity contribution in [3.63, 3.8) is 0 Å². The SMILES string of the molecule is Cc1nc(-c2cccc(NC(=O)N3CCN(C(=O)c4ccccc4)CC3)c2)oc1C. The summed E-state index contributed by atoms with van der Waals surface area (Å²) in [7, 11) is 0. The molecular weight excluding hydrogens is 380 g/mol. The number of aromatic nitrogens is 1. The van der Waals surface area contributed by atoms with E-state index < -0.39 is 0 Å². The number of nitrogens with zero attached hydrogens (tertiary/aromatic N) is 3. The molecule has 1 aliphatic rings. The van der Waals surface area contributed by atoms with Crippen LogP contribution in [0.25, 0.3) is 11.5 Å². The van der Waals surface area contributed by atoms with Crippen molar-refractivity contribution >= 4 is 17.6 Å². The molecule has 30 heavy (non-hydrogen) atoms. The molecule has 0 unspecified atom stereocenters. The van der Waals surface area contributed by atoms with Crippen molar-refractivity contribution in [2.24, 2.45) is 0 Å². The van der Waals surface area contributed by atoms with Crippen molar-refractivity contribution in [1.29, 1.82) is 0 Å². The molecule has 0 radical (unpaired) electrons. The van der Waals surface area contributed by atoms with Crippen molar-refractivity contribution in [3.05, 3.63) is 71.6 Å². The van der Waals surface area contributed by atoms with E-state index in [0.29, 0.717) is 43.3 Å². The van der Waals surface area contributed by atoms with Crippen molar-refractivity contribution in [1.82, 2.24) is 14.8 Å². The fourth-order valence-corrected chi connectivity index (χ4v) is 3.40. The van der Waals surface area contributed by atoms with Crippen LogP contribution in [0.2, 0.25) is 0 Å². The smallest absolute Gasteiger partial charge is 0.321 e. The van der Waals surface area contributed by atoms with Crippen LogP contribution >= 0.6 is 0 Å². The van der Waals surface area contributed by atoms with Gasteiger partial charge in [0, 0.05) is 43.0 Å². The van der Waals surface area contributed by atoms with Gasteiger partial charge < -0.3 is 19.5 Å². The van der Waals surface area contributed by atoms with E-state index in [1.54, 1.807) is 9.80 Å². The lowest BCUT2D eigenvalue weighted by Crippen LogP contribution is -2.51. The van der Waals surface area contributed by atoms with Crippen molar-refractivity contribution in [3.8, 4) is 11.5 Å². The highest BCUT2D eigenvalue weighted by Gasteiger charge is 2.25. The molecule has 1 aromatic heterocycles. The number of amides is 3. The van der Waals surface area contributed by atoms with Gasteiger partial charge in [0.15, 0.2) is 0 Å². The molecule has 2 heterocycles. The van der Waals surface area contributed by atoms with Crippen LogP contribution in [0.15, 0.2) is 59.0 Å². The average Bonchev–Trinajstić information content (AvgIpc) is 3.12. The maximum atomic E-state index is 12.7. The summed E-state index contributed by atoms with van der Waals surface area (Å²) in [5.74, 6) is 1.32. The second kappa shape index (κ2) is 8.41. The first-order chi connectivity index (χ1) is 14.5. The summed E-state index contributed by atoms with van der Waals surface area (Å²) in [4.78, 5) is 33.2. The van der Waals surface area contributed by atoms with Crippen LogP contribution in [-0.2, 0) is 0 Å². The number of carbonyl (C=O) groups is 2. The number of carbonyl (C=O) groups excluding carboxylic acids is 2. The standard InChI is InChI=1S/C23H24N4O3/c1-16-17(2)30-21(24-16)19-9-6-10-20(15-19)25-23(29)27-13-11-26(12-14-27)22(28)18-7-4-3-5-8-18/h3-10,15H,11-14H2,1-2H3,(H,25,29). The molecule has 1 aliphatic heterocycles. The van der Waals surface area contributed by atoms with E-state index in [4.69, 9.17) is 4.42 Å². The summed E-state index contributed by atoms with van der Waals surface area (Å²) in [6.07, 6.45) is 0. The van der Waals surface area contributed by atoms with Crippen LogP contribution in [-0.4, -0.2) is 52.9 Å². The maximum absolute atomic E-state index is 12.7. The van der Waals surface area contributed by atoms with Gasteiger partial charge in [0.25, 0.3) is 5.91 Å². The summed E-state index contributed by atoms with van der Waals surface area (Å²) in [6, 6.07) is 16.5. The van der Waals surface area contributed by atoms with Gasteiger partial charge in [0.05, 0.1) is 5.69 Å². The predicted molar refractivity (Wildman–Crippen MR) is 114 cm³/mol. The Morgan fingerprint density at radius 2 is 1.63 bits per heavy atom. The van der Waals surface area contributed by atoms with Crippen molar-refractivity contribution in [2.75, 3.05) is 31.5 Å². The Labute approximate surface area is 175 Å². The molecule has 4 rings (SSSR count). The first-order valence-electron chi connectivity index (χ1n) is 9.96. The highest BCUT2D eigenvalue weighted by Crippen LogP contribution is 2.24. The minimum atomic E-state index is -0.182. The number of aryl methyl sites for hydroxylation is 2. The highest BCUT2D eigenvalue weighted by atomic mass is 16.4. The Morgan fingerprint density at radius 1 is 0.933 bits per heavy atom. The molecule has 3 amide bonds. The van der Waals surface area contributed by atoms with E-state index in [2.05, 4.69) is 10.3 Å². The fourth-order valence-electron chi connectivity index (χ4n) is 3.40. The summed E-state index contributed by atoms with van der Waals surface area (Å²) < 4.78 is 5.68. The number of hydrogen-bond acceptors (Lipinski definition) is 4. The highest BCUT2D eigenvalue weighted by molar-refractivity contribution is 5.94. The number of nitrogens with one attached hydrogen (secondary N) is 1. The topological polar surface area (TPSA) is 78.7 Å². The third-order valence-electron chi connectivity index (χ3n) is 5.26. The number of rotatable bonds is 3. The van der Waals surface area contributed by atoms with Crippen LogP contribution < -0.4 is 5.32 Å². The van der Waals surface area contributed by atoms with Gasteiger partial charge >= 0.3 is 6.03 Å². The number of urea groups is 1. The lowest BCUT2D eigenvalue weighted by atomic mass is 10.2. The summed E-state index contributed by atoms with van der Waals surface area (Å²) in [6.45, 7) is 5.77. The van der Waals surface area contributed by atoms with E-state index >= 15 is 0 Å². The Kier molecular flexibility index (Phi) is 5.52. The van der Waals surface area contributed by atoms with Gasteiger partial charge in [-0.3, -0.25) is 4.79 Å². The molecule has 3 aromatic rings. The molecule has 0 saturated carbocycles. The average molecular weight is 404 g/mol. The van der Waals surface area contributed by atoms with E-state index in [0.717, 1.165) is 17.0 Å². The molecule has 0 atom stereocenters. The summed E-state index contributed by atoms with van der Waals surface area (Å²) >= 11 is 0. The molecule has 0 aliphatic carbocycles. The molecule has 1 saturated heterocycles. The van der Waals surface area contributed by atoms with E-state index in [1.807, 2.05) is 68.4 Å². The zero-order valence-corrected chi connectivity index (χ0v) is 17.1. The lowest BCUT2D eigenvalue weighted by Gasteiger charge is -2.34. The third kappa shape index (κ3) is 4.20. The van der Waals surface area contributed by atoms with Gasteiger partial charge in [-0.2, -0.15) is 0 Å². The quantitative estimate of drug-likeness (QED) is 0.717. The Hall–Kier alpha value is -3.61. The molecule has 0 bridgehead atoms. The number of benzene rings is 2. The minimum Gasteiger partial charge on any atom is -0.441 e. The normalized spacial score (nSPS) is 13.9. The van der Waals surface area contributed by atoms with Crippen molar-refractivity contribution < 1.29 is 14.0 Å². The monoisotopic (exact) mass is 404 g/mol. The number of piperazine rings is 1. The van der Waals surface area contributed by atoms with Crippen LogP contribution in [0.1, 0.15) is 21.8 Å². The van der Waals surface area contributed by atoms with Crippen LogP contribution in [0.4, 0.5) is 10.5 Å². The van der Waals surface area contributed by atoms with Crippen LogP contribution in [0.5, 0.6) is 0 Å².